The largest absolute Gasteiger partial charge is 0.500 e. The van der Waals surface area contributed by atoms with Crippen molar-refractivity contribution in [3.05, 3.63) is 0 Å². The molecule has 14 heavy (non-hydrogen) atoms. The van der Waals surface area contributed by atoms with Crippen LogP contribution in [0.15, 0.2) is 0 Å². The average molecular weight is 219 g/mol. The molecule has 0 aromatic heterocycles. The summed E-state index contributed by atoms with van der Waals surface area (Å²) in [5, 5.41) is 11.3. The molecule has 1 atom stereocenters. The van der Waals surface area contributed by atoms with Crippen LogP contribution in [0.3, 0.4) is 0 Å². The van der Waals surface area contributed by atoms with Crippen LogP contribution in [0.1, 0.15) is 34.1 Å². The molecule has 2 N–H and O–H groups in total. The Labute approximate surface area is 89.6 Å². The van der Waals surface area contributed by atoms with Crippen LogP contribution < -0.4 is 5.32 Å². The van der Waals surface area contributed by atoms with Crippen LogP contribution in [-0.2, 0) is 4.74 Å². The first-order valence-corrected chi connectivity index (χ1v) is 4.89. The van der Waals surface area contributed by atoms with Crippen molar-refractivity contribution in [3.8, 4) is 0 Å². The summed E-state index contributed by atoms with van der Waals surface area (Å²) in [7, 11) is 0. The van der Waals surface area contributed by atoms with E-state index in [0.29, 0.717) is 6.42 Å². The molecule has 0 heterocycles. The summed E-state index contributed by atoms with van der Waals surface area (Å²) in [6.07, 6.45) is -0.0325. The first-order chi connectivity index (χ1) is 6.26. The van der Waals surface area contributed by atoms with Gasteiger partial charge in [-0.25, -0.2) is 4.79 Å². The zero-order chi connectivity index (χ0) is 11.4. The molecule has 4 nitrogen and oxygen atoms in total. The molecule has 0 saturated heterocycles. The number of aliphatic hydroxyl groups is 1. The number of alkyl carbamates (subject to hydrolysis) is 1. The second-order valence-electron chi connectivity index (χ2n) is 3.95. The van der Waals surface area contributed by atoms with Crippen molar-refractivity contribution in [1.29, 1.82) is 0 Å². The minimum absolute atomic E-state index is 0.224. The van der Waals surface area contributed by atoms with Crippen molar-refractivity contribution in [1.82, 2.24) is 5.32 Å². The summed E-state index contributed by atoms with van der Waals surface area (Å²) in [5.74, 6) is 0. The van der Waals surface area contributed by atoms with Gasteiger partial charge in [0.05, 0.1) is 0 Å². The standard InChI is InChI=1S/C9H17NO3S/c1-5-6(7(11)14)10-8(12)13-9(2,3)4/h6H,5H2,1-4H3,(H,10,12)(H,11,14)/t6-/m0/s1. The Morgan fingerprint density at radius 3 is 2.36 bits per heavy atom. The Morgan fingerprint density at radius 1 is 1.57 bits per heavy atom. The molecule has 0 radical (unpaired) electrons. The van der Waals surface area contributed by atoms with E-state index in [1.54, 1.807) is 20.8 Å². The van der Waals surface area contributed by atoms with Crippen LogP contribution in [0.4, 0.5) is 4.79 Å². The zero-order valence-corrected chi connectivity index (χ0v) is 9.77. The van der Waals surface area contributed by atoms with Gasteiger partial charge in [-0.3, -0.25) is 0 Å². The minimum Gasteiger partial charge on any atom is -0.500 e. The van der Waals surface area contributed by atoms with E-state index in [1.165, 1.54) is 0 Å². The summed E-state index contributed by atoms with van der Waals surface area (Å²) in [4.78, 5) is 11.2. The molecule has 0 aliphatic rings. The normalized spacial score (nSPS) is 13.1. The fraction of sp³-hybridized carbons (Fsp3) is 0.778. The SMILES string of the molecule is CC[C@H](NC(=O)OC(C)(C)C)C(O)=S. The summed E-state index contributed by atoms with van der Waals surface area (Å²) in [6, 6.07) is -0.514. The van der Waals surface area contributed by atoms with Crippen LogP contribution in [0.2, 0.25) is 0 Å². The average Bonchev–Trinajstić information content (AvgIpc) is 1.96. The van der Waals surface area contributed by atoms with Crippen LogP contribution in [0.25, 0.3) is 0 Å². The predicted molar refractivity (Wildman–Crippen MR) is 58.7 cm³/mol. The number of carbonyl (C=O) groups excluding carboxylic acids is 1. The molecule has 0 fully saturated rings. The van der Waals surface area contributed by atoms with Gasteiger partial charge in [0.25, 0.3) is 0 Å². The van der Waals surface area contributed by atoms with Crippen LogP contribution >= 0.6 is 12.2 Å². The Kier molecular flexibility index (Phi) is 4.83. The zero-order valence-electron chi connectivity index (χ0n) is 8.96. The summed E-state index contributed by atoms with van der Waals surface area (Å²) in [6.45, 7) is 7.12. The van der Waals surface area contributed by atoms with E-state index in [-0.39, 0.29) is 5.05 Å². The van der Waals surface area contributed by atoms with Gasteiger partial charge in [-0.2, -0.15) is 0 Å². The fourth-order valence-corrected chi connectivity index (χ4v) is 1.01. The highest BCUT2D eigenvalue weighted by Crippen LogP contribution is 2.07. The van der Waals surface area contributed by atoms with Crippen molar-refractivity contribution < 1.29 is 14.6 Å². The lowest BCUT2D eigenvalue weighted by Gasteiger charge is -2.22. The molecule has 0 saturated carbocycles. The number of ether oxygens (including phenoxy) is 1. The molecule has 0 aliphatic carbocycles. The maximum Gasteiger partial charge on any atom is 0.408 e. The number of thiocarbonyl (C=S) groups is 1. The smallest absolute Gasteiger partial charge is 0.408 e. The fourth-order valence-electron chi connectivity index (χ4n) is 0.788. The second kappa shape index (κ2) is 5.14. The molecule has 0 spiro atoms. The first kappa shape index (κ1) is 13.2. The Hall–Kier alpha value is -0.840. The van der Waals surface area contributed by atoms with E-state index >= 15 is 0 Å². The van der Waals surface area contributed by atoms with Crippen molar-refractivity contribution in [2.24, 2.45) is 0 Å². The van der Waals surface area contributed by atoms with Gasteiger partial charge in [0.1, 0.15) is 11.6 Å². The maximum absolute atomic E-state index is 11.2. The quantitative estimate of drug-likeness (QED) is 0.714. The first-order valence-electron chi connectivity index (χ1n) is 4.48. The van der Waals surface area contributed by atoms with Gasteiger partial charge in [-0.05, 0) is 39.4 Å². The van der Waals surface area contributed by atoms with Gasteiger partial charge in [0, 0.05) is 0 Å². The van der Waals surface area contributed by atoms with Gasteiger partial charge >= 0.3 is 6.09 Å². The molecule has 0 aromatic carbocycles. The number of hydrogen-bond acceptors (Lipinski definition) is 3. The Balaban J connectivity index is 4.11. The van der Waals surface area contributed by atoms with E-state index in [1.807, 2.05) is 6.92 Å². The molecule has 0 aliphatic heterocycles. The lowest BCUT2D eigenvalue weighted by atomic mass is 10.2. The number of carbonyl (C=O) groups is 1. The van der Waals surface area contributed by atoms with Gasteiger partial charge in [-0.15, -0.1) is 0 Å². The van der Waals surface area contributed by atoms with Crippen molar-refractivity contribution in [3.63, 3.8) is 0 Å². The van der Waals surface area contributed by atoms with E-state index in [2.05, 4.69) is 17.5 Å². The van der Waals surface area contributed by atoms with Crippen LogP contribution in [-0.4, -0.2) is 27.9 Å². The number of aliphatic hydroxyl groups excluding tert-OH is 1. The lowest BCUT2D eigenvalue weighted by molar-refractivity contribution is 0.0514. The van der Waals surface area contributed by atoms with E-state index in [0.717, 1.165) is 0 Å². The third-order valence-corrected chi connectivity index (χ3v) is 1.68. The summed E-state index contributed by atoms with van der Waals surface area (Å²) < 4.78 is 5.00. The van der Waals surface area contributed by atoms with Gasteiger partial charge in [-0.1, -0.05) is 6.92 Å². The lowest BCUT2D eigenvalue weighted by Crippen LogP contribution is -2.42. The maximum atomic E-state index is 11.2. The van der Waals surface area contributed by atoms with Gasteiger partial charge in [0.15, 0.2) is 5.05 Å². The van der Waals surface area contributed by atoms with Crippen LogP contribution in [0.5, 0.6) is 0 Å². The van der Waals surface area contributed by atoms with E-state index < -0.39 is 17.7 Å². The van der Waals surface area contributed by atoms with Gasteiger partial charge in [0.2, 0.25) is 0 Å². The summed E-state index contributed by atoms with van der Waals surface area (Å²) in [5.41, 5.74) is -0.542. The Bertz CT molecular complexity index is 223. The topological polar surface area (TPSA) is 58.6 Å². The number of rotatable bonds is 3. The molecular weight excluding hydrogens is 202 g/mol. The molecule has 0 bridgehead atoms. The third-order valence-electron chi connectivity index (χ3n) is 1.40. The second-order valence-corrected chi connectivity index (χ2v) is 4.36. The Morgan fingerprint density at radius 2 is 2.07 bits per heavy atom. The molecule has 0 unspecified atom stereocenters. The molecular formula is C9H17NO3S. The van der Waals surface area contributed by atoms with E-state index in [4.69, 9.17) is 9.84 Å². The van der Waals surface area contributed by atoms with Crippen molar-refractivity contribution >= 4 is 23.4 Å². The van der Waals surface area contributed by atoms with Crippen molar-refractivity contribution in [2.75, 3.05) is 0 Å². The molecule has 5 heteroatoms. The third kappa shape index (κ3) is 5.75. The van der Waals surface area contributed by atoms with Gasteiger partial charge < -0.3 is 15.2 Å². The highest BCUT2D eigenvalue weighted by molar-refractivity contribution is 7.80. The monoisotopic (exact) mass is 219 g/mol. The molecule has 0 rings (SSSR count). The minimum atomic E-state index is -0.569. The number of nitrogens with one attached hydrogen (secondary N) is 1. The number of hydrogen-bond donors (Lipinski definition) is 2. The number of amides is 1. The summed E-state index contributed by atoms with van der Waals surface area (Å²) >= 11 is 4.56. The molecule has 1 amide bonds. The highest BCUT2D eigenvalue weighted by atomic mass is 32.1. The molecule has 0 aromatic rings. The van der Waals surface area contributed by atoms with Crippen molar-refractivity contribution in [2.45, 2.75) is 45.8 Å². The van der Waals surface area contributed by atoms with Crippen LogP contribution in [0, 0.1) is 0 Å². The predicted octanol–water partition coefficient (Wildman–Crippen LogP) is 2.18. The highest BCUT2D eigenvalue weighted by Gasteiger charge is 2.20. The van der Waals surface area contributed by atoms with E-state index in [9.17, 15) is 4.79 Å². The molecule has 82 valence electrons.